The molecule has 1 aliphatic heterocycles. The van der Waals surface area contributed by atoms with Gasteiger partial charge in [-0.1, -0.05) is 30.3 Å². The van der Waals surface area contributed by atoms with Crippen LogP contribution >= 0.6 is 0 Å². The number of rotatable bonds is 4. The van der Waals surface area contributed by atoms with Crippen molar-refractivity contribution in [3.8, 4) is 0 Å². The number of carbonyl (C=O) groups is 1. The molecule has 0 bridgehead atoms. The SMILES string of the molecule is O=C1CCC(CCCc2ccccc2)N1O. The number of amides is 1. The molecule has 0 aromatic heterocycles. The van der Waals surface area contributed by atoms with Crippen LogP contribution in [0.15, 0.2) is 30.3 Å². The van der Waals surface area contributed by atoms with Gasteiger partial charge in [0.2, 0.25) is 5.91 Å². The predicted octanol–water partition coefficient (Wildman–Crippen LogP) is 2.39. The standard InChI is InChI=1S/C13H17NO2/c15-13-10-9-12(14(13)16)8-4-7-11-5-2-1-3-6-11/h1-3,5-6,12,16H,4,7-10H2. The second kappa shape index (κ2) is 5.12. The summed E-state index contributed by atoms with van der Waals surface area (Å²) in [7, 11) is 0. The first kappa shape index (κ1) is 11.1. The van der Waals surface area contributed by atoms with Crippen molar-refractivity contribution in [1.29, 1.82) is 0 Å². The molecule has 1 saturated heterocycles. The van der Waals surface area contributed by atoms with Crippen molar-refractivity contribution in [2.45, 2.75) is 38.1 Å². The second-order valence-corrected chi connectivity index (χ2v) is 4.31. The average Bonchev–Trinajstić information content (AvgIpc) is 2.62. The molecule has 1 aliphatic rings. The zero-order valence-electron chi connectivity index (χ0n) is 9.30. The molecule has 1 aromatic carbocycles. The van der Waals surface area contributed by atoms with Crippen molar-refractivity contribution in [2.24, 2.45) is 0 Å². The first-order valence-corrected chi connectivity index (χ1v) is 5.82. The van der Waals surface area contributed by atoms with Gasteiger partial charge in [0.25, 0.3) is 0 Å². The van der Waals surface area contributed by atoms with E-state index in [2.05, 4.69) is 12.1 Å². The Hall–Kier alpha value is -1.35. The summed E-state index contributed by atoms with van der Waals surface area (Å²) < 4.78 is 0. The topological polar surface area (TPSA) is 40.5 Å². The molecule has 86 valence electrons. The van der Waals surface area contributed by atoms with E-state index in [9.17, 15) is 10.0 Å². The number of benzene rings is 1. The van der Waals surface area contributed by atoms with E-state index in [4.69, 9.17) is 0 Å². The van der Waals surface area contributed by atoms with Gasteiger partial charge in [-0.3, -0.25) is 10.0 Å². The highest BCUT2D eigenvalue weighted by Gasteiger charge is 2.28. The van der Waals surface area contributed by atoms with Gasteiger partial charge in [-0.05, 0) is 31.2 Å². The molecule has 0 aliphatic carbocycles. The van der Waals surface area contributed by atoms with E-state index in [1.165, 1.54) is 5.56 Å². The summed E-state index contributed by atoms with van der Waals surface area (Å²) in [5, 5.41) is 10.4. The molecule has 1 heterocycles. The predicted molar refractivity (Wildman–Crippen MR) is 61.0 cm³/mol. The van der Waals surface area contributed by atoms with Gasteiger partial charge in [0.15, 0.2) is 0 Å². The summed E-state index contributed by atoms with van der Waals surface area (Å²) >= 11 is 0. The Morgan fingerprint density at radius 3 is 2.69 bits per heavy atom. The lowest BCUT2D eigenvalue weighted by Crippen LogP contribution is -2.29. The monoisotopic (exact) mass is 219 g/mol. The van der Waals surface area contributed by atoms with Gasteiger partial charge in [0.05, 0.1) is 6.04 Å². The van der Waals surface area contributed by atoms with Crippen LogP contribution in [0.25, 0.3) is 0 Å². The third kappa shape index (κ3) is 2.61. The van der Waals surface area contributed by atoms with Gasteiger partial charge in [-0.25, -0.2) is 5.06 Å². The van der Waals surface area contributed by atoms with Crippen LogP contribution in [-0.4, -0.2) is 22.2 Å². The van der Waals surface area contributed by atoms with Gasteiger partial charge in [-0.15, -0.1) is 0 Å². The molecule has 1 atom stereocenters. The number of carbonyl (C=O) groups excluding carboxylic acids is 1. The average molecular weight is 219 g/mol. The van der Waals surface area contributed by atoms with Crippen LogP contribution in [0.5, 0.6) is 0 Å². The first-order chi connectivity index (χ1) is 7.77. The van der Waals surface area contributed by atoms with Gasteiger partial charge in [-0.2, -0.15) is 0 Å². The Balaban J connectivity index is 1.75. The van der Waals surface area contributed by atoms with E-state index in [0.29, 0.717) is 6.42 Å². The summed E-state index contributed by atoms with van der Waals surface area (Å²) in [6.07, 6.45) is 4.20. The maximum Gasteiger partial charge on any atom is 0.246 e. The summed E-state index contributed by atoms with van der Waals surface area (Å²) in [4.78, 5) is 11.1. The van der Waals surface area contributed by atoms with Crippen LogP contribution in [0.3, 0.4) is 0 Å². The van der Waals surface area contributed by atoms with Crippen molar-refractivity contribution < 1.29 is 10.0 Å². The van der Waals surface area contributed by atoms with E-state index in [0.717, 1.165) is 30.7 Å². The van der Waals surface area contributed by atoms with Crippen LogP contribution in [-0.2, 0) is 11.2 Å². The Bertz CT molecular complexity index is 350. The molecule has 1 amide bonds. The zero-order chi connectivity index (χ0) is 11.4. The quantitative estimate of drug-likeness (QED) is 0.790. The minimum absolute atomic E-state index is 0.0382. The molecule has 0 spiro atoms. The fraction of sp³-hybridized carbons (Fsp3) is 0.462. The second-order valence-electron chi connectivity index (χ2n) is 4.31. The molecule has 3 heteroatoms. The molecule has 1 unspecified atom stereocenters. The smallest absolute Gasteiger partial charge is 0.246 e. The highest BCUT2D eigenvalue weighted by Crippen LogP contribution is 2.21. The van der Waals surface area contributed by atoms with E-state index >= 15 is 0 Å². The number of aryl methyl sites for hydroxylation is 1. The molecule has 16 heavy (non-hydrogen) atoms. The normalized spacial score (nSPS) is 20.4. The van der Waals surface area contributed by atoms with Crippen LogP contribution in [0.4, 0.5) is 0 Å². The Labute approximate surface area is 95.6 Å². The van der Waals surface area contributed by atoms with Gasteiger partial charge in [0.1, 0.15) is 0 Å². The molecule has 1 fully saturated rings. The van der Waals surface area contributed by atoms with E-state index in [1.54, 1.807) is 0 Å². The lowest BCUT2D eigenvalue weighted by Gasteiger charge is -2.17. The molecular formula is C13H17NO2. The fourth-order valence-electron chi connectivity index (χ4n) is 2.18. The van der Waals surface area contributed by atoms with E-state index < -0.39 is 0 Å². The highest BCUT2D eigenvalue weighted by atomic mass is 16.5. The Morgan fingerprint density at radius 2 is 2.06 bits per heavy atom. The molecule has 1 aromatic rings. The van der Waals surface area contributed by atoms with Crippen LogP contribution < -0.4 is 0 Å². The van der Waals surface area contributed by atoms with Crippen LogP contribution in [0, 0.1) is 0 Å². The molecule has 0 radical (unpaired) electrons. The molecular weight excluding hydrogens is 202 g/mol. The van der Waals surface area contributed by atoms with Crippen molar-refractivity contribution in [3.05, 3.63) is 35.9 Å². The largest absolute Gasteiger partial charge is 0.286 e. The maximum atomic E-state index is 11.1. The lowest BCUT2D eigenvalue weighted by molar-refractivity contribution is -0.165. The zero-order valence-corrected chi connectivity index (χ0v) is 9.30. The molecule has 0 saturated carbocycles. The minimum atomic E-state index is -0.135. The Kier molecular flexibility index (Phi) is 3.57. The minimum Gasteiger partial charge on any atom is -0.286 e. The number of hydrogen-bond acceptors (Lipinski definition) is 2. The third-order valence-corrected chi connectivity index (χ3v) is 3.14. The van der Waals surface area contributed by atoms with Crippen LogP contribution in [0.1, 0.15) is 31.2 Å². The van der Waals surface area contributed by atoms with Crippen molar-refractivity contribution in [3.63, 3.8) is 0 Å². The van der Waals surface area contributed by atoms with Crippen molar-refractivity contribution in [1.82, 2.24) is 5.06 Å². The number of nitrogens with zero attached hydrogens (tertiary/aromatic N) is 1. The molecule has 2 rings (SSSR count). The summed E-state index contributed by atoms with van der Waals surface area (Å²) in [5.41, 5.74) is 1.32. The van der Waals surface area contributed by atoms with Gasteiger partial charge < -0.3 is 0 Å². The van der Waals surface area contributed by atoms with Gasteiger partial charge in [0, 0.05) is 6.42 Å². The van der Waals surface area contributed by atoms with Crippen LogP contribution in [0.2, 0.25) is 0 Å². The molecule has 1 N–H and O–H groups in total. The summed E-state index contributed by atoms with van der Waals surface area (Å²) in [5.74, 6) is -0.135. The lowest BCUT2D eigenvalue weighted by atomic mass is 10.0. The van der Waals surface area contributed by atoms with E-state index in [-0.39, 0.29) is 11.9 Å². The van der Waals surface area contributed by atoms with E-state index in [1.807, 2.05) is 18.2 Å². The first-order valence-electron chi connectivity index (χ1n) is 5.82. The Morgan fingerprint density at radius 1 is 1.31 bits per heavy atom. The van der Waals surface area contributed by atoms with Gasteiger partial charge >= 0.3 is 0 Å². The number of hydrogen-bond donors (Lipinski definition) is 1. The number of hydroxylamine groups is 2. The summed E-state index contributed by atoms with van der Waals surface area (Å²) in [6, 6.07) is 10.3. The molecule has 3 nitrogen and oxygen atoms in total. The fourth-order valence-corrected chi connectivity index (χ4v) is 2.18. The summed E-state index contributed by atoms with van der Waals surface area (Å²) in [6.45, 7) is 0. The maximum absolute atomic E-state index is 11.1. The highest BCUT2D eigenvalue weighted by molar-refractivity contribution is 5.77. The third-order valence-electron chi connectivity index (χ3n) is 3.14. The van der Waals surface area contributed by atoms with Crippen molar-refractivity contribution in [2.75, 3.05) is 0 Å². The van der Waals surface area contributed by atoms with Crippen molar-refractivity contribution >= 4 is 5.91 Å².